The molecule has 4 atom stereocenters. The molecule has 2 heterocycles. The van der Waals surface area contributed by atoms with E-state index < -0.39 is 16.1 Å². The Hall–Kier alpha value is -3.65. The number of aryl methyl sites for hydroxylation is 1. The number of amides is 1. The fourth-order valence-electron chi connectivity index (χ4n) is 5.60. The van der Waals surface area contributed by atoms with Gasteiger partial charge in [0.2, 0.25) is 0 Å². The summed E-state index contributed by atoms with van der Waals surface area (Å²) in [5.74, 6) is 0.696. The number of hydrogen-bond acceptors (Lipinski definition) is 9. The lowest BCUT2D eigenvalue weighted by Gasteiger charge is -2.36. The molecule has 3 aromatic rings. The molecule has 2 N–H and O–H groups in total. The van der Waals surface area contributed by atoms with Gasteiger partial charge in [-0.3, -0.25) is 14.4 Å². The number of ether oxygens (including phenoxy) is 3. The number of hydrogen-bond donors (Lipinski definition) is 2. The number of fused-ring (bicyclic) bond motifs is 1. The summed E-state index contributed by atoms with van der Waals surface area (Å²) < 4.78 is 48.2. The van der Waals surface area contributed by atoms with E-state index >= 15 is 0 Å². The Morgan fingerprint density at radius 3 is 2.57 bits per heavy atom. The molecule has 0 radical (unpaired) electrons. The first kappa shape index (κ1) is 36.2. The van der Waals surface area contributed by atoms with Crippen molar-refractivity contribution in [3.63, 3.8) is 0 Å². The average molecular weight is 672 g/mol. The summed E-state index contributed by atoms with van der Waals surface area (Å²) in [4.78, 5) is 22.1. The molecule has 0 bridgehead atoms. The quantitative estimate of drug-likeness (QED) is 0.326. The summed E-state index contributed by atoms with van der Waals surface area (Å²) in [6.07, 6.45) is 4.90. The lowest BCUT2D eigenvalue weighted by atomic mass is 10.0. The van der Waals surface area contributed by atoms with Gasteiger partial charge in [-0.1, -0.05) is 19.1 Å². The fourth-order valence-corrected chi connectivity index (χ4v) is 6.63. The van der Waals surface area contributed by atoms with Crippen molar-refractivity contribution >= 4 is 21.6 Å². The van der Waals surface area contributed by atoms with Gasteiger partial charge in [0, 0.05) is 51.1 Å². The molecule has 1 aliphatic heterocycles. The Labute approximate surface area is 278 Å². The molecule has 13 heteroatoms. The molecule has 1 aromatic heterocycles. The molecule has 1 amide bonds. The minimum absolute atomic E-state index is 0.0941. The Bertz CT molecular complexity index is 1560. The van der Waals surface area contributed by atoms with Crippen molar-refractivity contribution in [3.8, 4) is 11.5 Å². The maximum Gasteiger partial charge on any atom is 0.280 e. The summed E-state index contributed by atoms with van der Waals surface area (Å²) in [5.41, 5.74) is 1.55. The molecule has 258 valence electrons. The molecule has 0 fully saturated rings. The van der Waals surface area contributed by atoms with Gasteiger partial charge in [0.1, 0.15) is 11.5 Å². The van der Waals surface area contributed by atoms with Crippen molar-refractivity contribution in [1.82, 2.24) is 19.4 Å². The van der Waals surface area contributed by atoms with Crippen molar-refractivity contribution in [1.29, 1.82) is 0 Å². The first-order valence-corrected chi connectivity index (χ1v) is 17.5. The molecule has 2 aromatic carbocycles. The molecular formula is C34H49N5O7S. The summed E-state index contributed by atoms with van der Waals surface area (Å²) in [5, 5.41) is 10.1. The molecular weight excluding hydrogens is 622 g/mol. The second-order valence-corrected chi connectivity index (χ2v) is 14.2. The van der Waals surface area contributed by atoms with Crippen LogP contribution in [0, 0.1) is 5.92 Å². The topological polar surface area (TPSA) is 135 Å². The molecule has 0 aliphatic carbocycles. The molecule has 47 heavy (non-hydrogen) atoms. The van der Waals surface area contributed by atoms with Crippen molar-refractivity contribution in [2.24, 2.45) is 13.0 Å². The highest BCUT2D eigenvalue weighted by molar-refractivity contribution is 7.92. The number of anilines is 1. The van der Waals surface area contributed by atoms with E-state index in [1.807, 2.05) is 38.2 Å². The van der Waals surface area contributed by atoms with Crippen LogP contribution in [0.4, 0.5) is 5.69 Å². The fraction of sp³-hybridized carbons (Fsp3) is 0.529. The maximum absolute atomic E-state index is 14.4. The summed E-state index contributed by atoms with van der Waals surface area (Å²) in [7, 11) is 1.38. The number of carbonyl (C=O) groups is 1. The predicted octanol–water partition coefficient (Wildman–Crippen LogP) is 4.16. The largest absolute Gasteiger partial charge is 0.497 e. The standard InChI is InChI=1S/C34H49N5O7S/c1-24-18-39(25(2)22-40)34(41)30-17-28(36-47(42,43)33-21-38(5)23-35-33)12-15-31(30)46-26(3)9-7-8-16-45-32(24)20-37(4)19-27-10-13-29(44-6)14-11-27/h10-15,17,21,23-26,32,36,40H,7-9,16,18-20,22H2,1-6H3/t24-,25+,26-,32+/m1/s1. The van der Waals surface area contributed by atoms with Crippen LogP contribution in [0.2, 0.25) is 0 Å². The number of aliphatic hydroxyl groups is 1. The van der Waals surface area contributed by atoms with Crippen molar-refractivity contribution in [2.45, 2.75) is 69.9 Å². The van der Waals surface area contributed by atoms with Gasteiger partial charge in [0.25, 0.3) is 15.9 Å². The highest BCUT2D eigenvalue weighted by Crippen LogP contribution is 2.29. The van der Waals surface area contributed by atoms with E-state index in [1.54, 1.807) is 42.7 Å². The van der Waals surface area contributed by atoms with Crippen LogP contribution in [-0.4, -0.2) is 97.5 Å². The van der Waals surface area contributed by atoms with E-state index in [4.69, 9.17) is 14.2 Å². The first-order valence-electron chi connectivity index (χ1n) is 16.1. The van der Waals surface area contributed by atoms with Crippen molar-refractivity contribution < 1.29 is 32.5 Å². The Balaban J connectivity index is 1.62. The van der Waals surface area contributed by atoms with E-state index in [0.29, 0.717) is 32.0 Å². The third-order valence-corrected chi connectivity index (χ3v) is 9.63. The van der Waals surface area contributed by atoms with Crippen LogP contribution in [0.5, 0.6) is 11.5 Å². The Kier molecular flexibility index (Phi) is 12.7. The number of nitrogens with zero attached hydrogens (tertiary/aromatic N) is 4. The van der Waals surface area contributed by atoms with Crippen LogP contribution in [0.25, 0.3) is 0 Å². The van der Waals surface area contributed by atoms with Crippen LogP contribution in [0.3, 0.4) is 0 Å². The lowest BCUT2D eigenvalue weighted by molar-refractivity contribution is -0.0177. The number of sulfonamides is 1. The Morgan fingerprint density at radius 1 is 1.17 bits per heavy atom. The zero-order valence-corrected chi connectivity index (χ0v) is 29.1. The molecule has 1 aliphatic rings. The normalized spacial score (nSPS) is 20.6. The average Bonchev–Trinajstić information content (AvgIpc) is 3.50. The van der Waals surface area contributed by atoms with Gasteiger partial charge in [-0.05, 0) is 76.1 Å². The number of aromatic nitrogens is 2. The summed E-state index contributed by atoms with van der Waals surface area (Å²) in [6.45, 7) is 7.78. The molecule has 4 rings (SSSR count). The van der Waals surface area contributed by atoms with Gasteiger partial charge in [0.15, 0.2) is 5.03 Å². The molecule has 0 unspecified atom stereocenters. The summed E-state index contributed by atoms with van der Waals surface area (Å²) >= 11 is 0. The summed E-state index contributed by atoms with van der Waals surface area (Å²) in [6, 6.07) is 12.2. The maximum atomic E-state index is 14.4. The van der Waals surface area contributed by atoms with Gasteiger partial charge >= 0.3 is 0 Å². The van der Waals surface area contributed by atoms with E-state index in [0.717, 1.165) is 30.6 Å². The molecule has 12 nitrogen and oxygen atoms in total. The smallest absolute Gasteiger partial charge is 0.280 e. The highest BCUT2D eigenvalue weighted by atomic mass is 32.2. The Morgan fingerprint density at radius 2 is 1.91 bits per heavy atom. The number of likely N-dealkylation sites (N-methyl/N-ethyl adjacent to an activating group) is 1. The zero-order chi connectivity index (χ0) is 34.1. The van der Waals surface area contributed by atoms with Gasteiger partial charge < -0.3 is 28.8 Å². The predicted molar refractivity (Wildman–Crippen MR) is 180 cm³/mol. The number of methoxy groups -OCH3 is 1. The van der Waals surface area contributed by atoms with Crippen LogP contribution >= 0.6 is 0 Å². The minimum atomic E-state index is -4.00. The van der Waals surface area contributed by atoms with Crippen LogP contribution in [-0.2, 0) is 28.4 Å². The third-order valence-electron chi connectivity index (χ3n) is 8.36. The number of rotatable bonds is 10. The number of benzene rings is 2. The van der Waals surface area contributed by atoms with E-state index in [-0.39, 0.29) is 46.9 Å². The second-order valence-electron chi connectivity index (χ2n) is 12.5. The number of carbonyl (C=O) groups excluding carboxylic acids is 1. The van der Waals surface area contributed by atoms with Gasteiger partial charge in [-0.2, -0.15) is 8.42 Å². The van der Waals surface area contributed by atoms with Crippen molar-refractivity contribution in [3.05, 3.63) is 66.1 Å². The second kappa shape index (κ2) is 16.4. The molecule has 0 spiro atoms. The van der Waals surface area contributed by atoms with Crippen molar-refractivity contribution in [2.75, 3.05) is 45.2 Å². The van der Waals surface area contributed by atoms with Crippen LogP contribution < -0.4 is 14.2 Å². The first-order chi connectivity index (χ1) is 22.4. The number of imidazole rings is 1. The van der Waals surface area contributed by atoms with E-state index in [1.165, 1.54) is 18.6 Å². The third kappa shape index (κ3) is 9.92. The number of aliphatic hydroxyl groups excluding tert-OH is 1. The SMILES string of the molecule is COc1ccc(CN(C)C[C@@H]2OCCCC[C@@H](C)Oc3ccc(NS(=O)(=O)c4cn(C)cn4)cc3C(=O)N([C@@H](C)CO)C[C@H]2C)cc1. The lowest BCUT2D eigenvalue weighted by Crippen LogP contribution is -2.47. The van der Waals surface area contributed by atoms with Crippen LogP contribution in [0.1, 0.15) is 56.0 Å². The minimum Gasteiger partial charge on any atom is -0.497 e. The van der Waals surface area contributed by atoms with Gasteiger partial charge in [-0.15, -0.1) is 0 Å². The van der Waals surface area contributed by atoms with Gasteiger partial charge in [-0.25, -0.2) is 4.98 Å². The number of nitrogens with one attached hydrogen (secondary N) is 1. The monoisotopic (exact) mass is 671 g/mol. The highest BCUT2D eigenvalue weighted by Gasteiger charge is 2.31. The van der Waals surface area contributed by atoms with Crippen LogP contribution in [0.15, 0.2) is 60.0 Å². The van der Waals surface area contributed by atoms with E-state index in [9.17, 15) is 18.3 Å². The van der Waals surface area contributed by atoms with Gasteiger partial charge in [0.05, 0.1) is 43.9 Å². The molecule has 0 saturated heterocycles. The zero-order valence-electron chi connectivity index (χ0n) is 28.3. The van der Waals surface area contributed by atoms with E-state index in [2.05, 4.69) is 21.5 Å². The molecule has 0 saturated carbocycles.